The Morgan fingerprint density at radius 2 is 2.08 bits per heavy atom. The highest BCUT2D eigenvalue weighted by atomic mass is 16.6. The third-order valence-corrected chi connectivity index (χ3v) is 4.06. The molecule has 0 saturated carbocycles. The smallest absolute Gasteiger partial charge is 0.407 e. The molecule has 1 heterocycles. The van der Waals surface area contributed by atoms with Crippen molar-refractivity contribution in [1.82, 2.24) is 10.2 Å². The van der Waals surface area contributed by atoms with E-state index in [-0.39, 0.29) is 11.8 Å². The average molecular weight is 348 g/mol. The highest BCUT2D eigenvalue weighted by Gasteiger charge is 2.27. The molecule has 1 saturated heterocycles. The zero-order chi connectivity index (χ0) is 18.4. The summed E-state index contributed by atoms with van der Waals surface area (Å²) in [4.78, 5) is 26.0. The van der Waals surface area contributed by atoms with Crippen LogP contribution in [0.2, 0.25) is 0 Å². The summed E-state index contributed by atoms with van der Waals surface area (Å²) in [7, 11) is 1.61. The van der Waals surface area contributed by atoms with Crippen LogP contribution in [0.3, 0.4) is 0 Å². The lowest BCUT2D eigenvalue weighted by atomic mass is 10.1. The topological polar surface area (TPSA) is 67.9 Å². The van der Waals surface area contributed by atoms with Crippen molar-refractivity contribution in [1.29, 1.82) is 0 Å². The van der Waals surface area contributed by atoms with Crippen molar-refractivity contribution in [3.8, 4) is 5.75 Å². The van der Waals surface area contributed by atoms with Gasteiger partial charge in [0.05, 0.1) is 13.5 Å². The van der Waals surface area contributed by atoms with E-state index in [4.69, 9.17) is 9.47 Å². The van der Waals surface area contributed by atoms with Crippen LogP contribution >= 0.6 is 0 Å². The first kappa shape index (κ1) is 19.1. The Labute approximate surface area is 149 Å². The van der Waals surface area contributed by atoms with E-state index in [9.17, 15) is 9.59 Å². The van der Waals surface area contributed by atoms with Crippen LogP contribution in [-0.2, 0) is 16.0 Å². The average Bonchev–Trinajstić information content (AvgIpc) is 3.00. The second kappa shape index (κ2) is 8.23. The van der Waals surface area contributed by atoms with Crippen LogP contribution in [0.15, 0.2) is 24.3 Å². The molecule has 1 atom stereocenters. The fraction of sp³-hybridized carbons (Fsp3) is 0.579. The zero-order valence-corrected chi connectivity index (χ0v) is 15.5. The summed E-state index contributed by atoms with van der Waals surface area (Å²) in [6, 6.07) is 7.56. The molecule has 0 radical (unpaired) electrons. The SMILES string of the molecule is COc1cccc(CC(=O)N2CC[C@H](CNC(=O)OC(C)(C)C)C2)c1. The van der Waals surface area contributed by atoms with Crippen molar-refractivity contribution in [3.05, 3.63) is 29.8 Å². The zero-order valence-electron chi connectivity index (χ0n) is 15.5. The van der Waals surface area contributed by atoms with Crippen molar-refractivity contribution in [2.24, 2.45) is 5.92 Å². The number of nitrogens with one attached hydrogen (secondary N) is 1. The number of hydrogen-bond donors (Lipinski definition) is 1. The van der Waals surface area contributed by atoms with E-state index in [0.717, 1.165) is 24.3 Å². The van der Waals surface area contributed by atoms with Crippen LogP contribution in [0.25, 0.3) is 0 Å². The summed E-state index contributed by atoms with van der Waals surface area (Å²) in [6.07, 6.45) is 0.844. The van der Waals surface area contributed by atoms with Gasteiger partial charge in [-0.25, -0.2) is 4.79 Å². The van der Waals surface area contributed by atoms with Crippen molar-refractivity contribution >= 4 is 12.0 Å². The Kier molecular flexibility index (Phi) is 6.28. The number of benzene rings is 1. The van der Waals surface area contributed by atoms with Gasteiger partial charge < -0.3 is 19.7 Å². The summed E-state index contributed by atoms with van der Waals surface area (Å²) in [6.45, 7) is 7.42. The number of likely N-dealkylation sites (tertiary alicyclic amines) is 1. The van der Waals surface area contributed by atoms with Crippen molar-refractivity contribution in [2.75, 3.05) is 26.7 Å². The summed E-state index contributed by atoms with van der Waals surface area (Å²) < 4.78 is 10.4. The Hall–Kier alpha value is -2.24. The molecule has 2 amide bonds. The number of carbonyl (C=O) groups is 2. The fourth-order valence-corrected chi connectivity index (χ4v) is 2.84. The molecule has 1 aromatic carbocycles. The monoisotopic (exact) mass is 348 g/mol. The predicted molar refractivity (Wildman–Crippen MR) is 95.6 cm³/mol. The number of alkyl carbamates (subject to hydrolysis) is 1. The first-order valence-corrected chi connectivity index (χ1v) is 8.64. The van der Waals surface area contributed by atoms with Crippen molar-refractivity contribution in [3.63, 3.8) is 0 Å². The first-order chi connectivity index (χ1) is 11.8. The van der Waals surface area contributed by atoms with Gasteiger partial charge in [-0.15, -0.1) is 0 Å². The Morgan fingerprint density at radius 3 is 2.76 bits per heavy atom. The molecule has 0 bridgehead atoms. The second-order valence-electron chi connectivity index (χ2n) is 7.41. The maximum absolute atomic E-state index is 12.5. The highest BCUT2D eigenvalue weighted by Crippen LogP contribution is 2.19. The molecular weight excluding hydrogens is 320 g/mol. The van der Waals surface area contributed by atoms with Gasteiger partial charge in [-0.05, 0) is 50.8 Å². The highest BCUT2D eigenvalue weighted by molar-refractivity contribution is 5.79. The van der Waals surface area contributed by atoms with E-state index < -0.39 is 11.7 Å². The van der Waals surface area contributed by atoms with Gasteiger partial charge in [-0.3, -0.25) is 4.79 Å². The van der Waals surface area contributed by atoms with Gasteiger partial charge in [0, 0.05) is 19.6 Å². The van der Waals surface area contributed by atoms with E-state index in [1.807, 2.05) is 49.9 Å². The molecular formula is C19H28N2O4. The summed E-state index contributed by atoms with van der Waals surface area (Å²) >= 11 is 0. The molecule has 6 heteroatoms. The maximum atomic E-state index is 12.5. The quantitative estimate of drug-likeness (QED) is 0.888. The van der Waals surface area contributed by atoms with Crippen LogP contribution in [-0.4, -0.2) is 49.2 Å². The largest absolute Gasteiger partial charge is 0.497 e. The molecule has 0 spiro atoms. The Bertz CT molecular complexity index is 610. The normalized spacial score (nSPS) is 17.3. The molecule has 138 valence electrons. The van der Waals surface area contributed by atoms with E-state index in [2.05, 4.69) is 5.32 Å². The first-order valence-electron chi connectivity index (χ1n) is 8.64. The van der Waals surface area contributed by atoms with Crippen LogP contribution < -0.4 is 10.1 Å². The minimum Gasteiger partial charge on any atom is -0.497 e. The van der Waals surface area contributed by atoms with Gasteiger partial charge in [-0.1, -0.05) is 12.1 Å². The third kappa shape index (κ3) is 6.29. The molecule has 0 unspecified atom stereocenters. The molecule has 1 fully saturated rings. The van der Waals surface area contributed by atoms with Gasteiger partial charge in [0.2, 0.25) is 5.91 Å². The molecule has 25 heavy (non-hydrogen) atoms. The number of hydrogen-bond acceptors (Lipinski definition) is 4. The molecule has 1 N–H and O–H groups in total. The minimum absolute atomic E-state index is 0.105. The van der Waals surface area contributed by atoms with Gasteiger partial charge in [0.25, 0.3) is 0 Å². The lowest BCUT2D eigenvalue weighted by molar-refractivity contribution is -0.129. The van der Waals surface area contributed by atoms with E-state index in [0.29, 0.717) is 19.5 Å². The van der Waals surface area contributed by atoms with Crippen molar-refractivity contribution < 1.29 is 19.1 Å². The molecule has 0 aromatic heterocycles. The lowest BCUT2D eigenvalue weighted by Crippen LogP contribution is -2.36. The maximum Gasteiger partial charge on any atom is 0.407 e. The standard InChI is InChI=1S/C19H28N2O4/c1-19(2,3)25-18(23)20-12-15-8-9-21(13-15)17(22)11-14-6-5-7-16(10-14)24-4/h5-7,10,15H,8-9,11-13H2,1-4H3,(H,20,23)/t15-/m1/s1. The summed E-state index contributed by atoms with van der Waals surface area (Å²) in [5.41, 5.74) is 0.443. The van der Waals surface area contributed by atoms with Crippen LogP contribution in [0.4, 0.5) is 4.79 Å². The fourth-order valence-electron chi connectivity index (χ4n) is 2.84. The van der Waals surface area contributed by atoms with Gasteiger partial charge in [0.1, 0.15) is 11.4 Å². The molecule has 1 aliphatic rings. The third-order valence-electron chi connectivity index (χ3n) is 4.06. The molecule has 1 aliphatic heterocycles. The van der Waals surface area contributed by atoms with Gasteiger partial charge in [0.15, 0.2) is 0 Å². The number of methoxy groups -OCH3 is 1. The molecule has 6 nitrogen and oxygen atoms in total. The van der Waals surface area contributed by atoms with E-state index >= 15 is 0 Å². The van der Waals surface area contributed by atoms with E-state index in [1.165, 1.54) is 0 Å². The van der Waals surface area contributed by atoms with Gasteiger partial charge >= 0.3 is 6.09 Å². The number of carbonyl (C=O) groups excluding carboxylic acids is 2. The lowest BCUT2D eigenvalue weighted by Gasteiger charge is -2.21. The number of rotatable bonds is 5. The van der Waals surface area contributed by atoms with Crippen LogP contribution in [0.1, 0.15) is 32.8 Å². The Morgan fingerprint density at radius 1 is 1.32 bits per heavy atom. The summed E-state index contributed by atoms with van der Waals surface area (Å²) in [5.74, 6) is 1.13. The van der Waals surface area contributed by atoms with Gasteiger partial charge in [-0.2, -0.15) is 0 Å². The van der Waals surface area contributed by atoms with Crippen LogP contribution in [0.5, 0.6) is 5.75 Å². The predicted octanol–water partition coefficient (Wildman–Crippen LogP) is 2.61. The van der Waals surface area contributed by atoms with E-state index in [1.54, 1.807) is 7.11 Å². The molecule has 1 aromatic rings. The number of nitrogens with zero attached hydrogens (tertiary/aromatic N) is 1. The summed E-state index contributed by atoms with van der Waals surface area (Å²) in [5, 5.41) is 2.79. The second-order valence-corrected chi connectivity index (χ2v) is 7.41. The van der Waals surface area contributed by atoms with Crippen molar-refractivity contribution in [2.45, 2.75) is 39.2 Å². The minimum atomic E-state index is -0.501. The molecule has 0 aliphatic carbocycles. The number of amides is 2. The number of ether oxygens (including phenoxy) is 2. The molecule has 2 rings (SSSR count). The van der Waals surface area contributed by atoms with Crippen LogP contribution in [0, 0.1) is 5.92 Å². The Balaban J connectivity index is 1.77.